The molecule has 1 unspecified atom stereocenters. The molecule has 1 amide bonds. The van der Waals surface area contributed by atoms with Crippen molar-refractivity contribution in [2.24, 2.45) is 11.7 Å². The molecule has 1 fully saturated rings. The number of amides is 1. The molecule has 0 aromatic heterocycles. The van der Waals surface area contributed by atoms with Crippen LogP contribution in [0.5, 0.6) is 0 Å². The smallest absolute Gasteiger partial charge is 0.235 e. The minimum atomic E-state index is -0.242. The number of hydrogen-bond donors (Lipinski definition) is 2. The van der Waals surface area contributed by atoms with Crippen molar-refractivity contribution in [1.82, 2.24) is 10.2 Å². The van der Waals surface area contributed by atoms with Crippen LogP contribution < -0.4 is 11.1 Å². The monoisotopic (exact) mass is 227 g/mol. The molecule has 0 aromatic rings. The fourth-order valence-electron chi connectivity index (χ4n) is 2.13. The van der Waals surface area contributed by atoms with Crippen LogP contribution in [0.2, 0.25) is 0 Å². The molecular weight excluding hydrogens is 202 g/mol. The molecule has 1 saturated carbocycles. The highest BCUT2D eigenvalue weighted by molar-refractivity contribution is 5.80. The maximum atomic E-state index is 11.2. The second kappa shape index (κ2) is 6.86. The summed E-state index contributed by atoms with van der Waals surface area (Å²) in [5.74, 6) is 0.601. The molecule has 0 bridgehead atoms. The third kappa shape index (κ3) is 4.10. The third-order valence-electron chi connectivity index (χ3n) is 3.42. The number of carbonyl (C=O) groups is 1. The van der Waals surface area contributed by atoms with Crippen LogP contribution in [-0.4, -0.2) is 43.0 Å². The van der Waals surface area contributed by atoms with Crippen LogP contribution in [0.15, 0.2) is 0 Å². The lowest BCUT2D eigenvalue weighted by atomic mass is 9.85. The number of hydrogen-bond acceptors (Lipinski definition) is 3. The van der Waals surface area contributed by atoms with Gasteiger partial charge in [-0.15, -0.1) is 0 Å². The molecule has 0 spiro atoms. The second-order valence-corrected chi connectivity index (χ2v) is 4.66. The molecule has 3 N–H and O–H groups in total. The van der Waals surface area contributed by atoms with E-state index in [1.807, 2.05) is 6.92 Å². The van der Waals surface area contributed by atoms with E-state index in [1.165, 1.54) is 19.3 Å². The van der Waals surface area contributed by atoms with Gasteiger partial charge in [-0.05, 0) is 31.8 Å². The zero-order valence-electron chi connectivity index (χ0n) is 10.5. The molecule has 4 heteroatoms. The van der Waals surface area contributed by atoms with E-state index in [2.05, 4.69) is 17.1 Å². The van der Waals surface area contributed by atoms with Crippen LogP contribution in [0.1, 0.15) is 33.1 Å². The van der Waals surface area contributed by atoms with Gasteiger partial charge in [0.25, 0.3) is 0 Å². The first kappa shape index (κ1) is 13.5. The van der Waals surface area contributed by atoms with E-state index in [0.29, 0.717) is 0 Å². The van der Waals surface area contributed by atoms with Gasteiger partial charge in [-0.25, -0.2) is 0 Å². The average Bonchev–Trinajstić information content (AvgIpc) is 2.19. The van der Waals surface area contributed by atoms with Crippen molar-refractivity contribution in [3.8, 4) is 0 Å². The summed E-state index contributed by atoms with van der Waals surface area (Å²) < 4.78 is 0. The largest absolute Gasteiger partial charge is 0.368 e. The van der Waals surface area contributed by atoms with Crippen molar-refractivity contribution in [3.63, 3.8) is 0 Å². The summed E-state index contributed by atoms with van der Waals surface area (Å²) in [6, 6.07) is -0.204. The third-order valence-corrected chi connectivity index (χ3v) is 3.42. The quantitative estimate of drug-likeness (QED) is 0.637. The van der Waals surface area contributed by atoms with Crippen molar-refractivity contribution in [1.29, 1.82) is 0 Å². The maximum Gasteiger partial charge on any atom is 0.235 e. The Kier molecular flexibility index (Phi) is 5.77. The summed E-state index contributed by atoms with van der Waals surface area (Å²) in [6.45, 7) is 7.78. The van der Waals surface area contributed by atoms with E-state index in [1.54, 1.807) is 0 Å². The Labute approximate surface area is 98.6 Å². The topological polar surface area (TPSA) is 58.4 Å². The molecule has 0 aliphatic heterocycles. The van der Waals surface area contributed by atoms with Crippen LogP contribution in [0.4, 0.5) is 0 Å². The predicted molar refractivity (Wildman–Crippen MR) is 66.1 cm³/mol. The molecule has 0 heterocycles. The summed E-state index contributed by atoms with van der Waals surface area (Å²) in [4.78, 5) is 13.6. The molecule has 16 heavy (non-hydrogen) atoms. The predicted octanol–water partition coefficient (Wildman–Crippen LogP) is 0.572. The van der Waals surface area contributed by atoms with Crippen molar-refractivity contribution >= 4 is 5.91 Å². The summed E-state index contributed by atoms with van der Waals surface area (Å²) in [5.41, 5.74) is 5.37. The van der Waals surface area contributed by atoms with Gasteiger partial charge >= 0.3 is 0 Å². The highest BCUT2D eigenvalue weighted by atomic mass is 16.1. The van der Waals surface area contributed by atoms with Crippen molar-refractivity contribution in [2.45, 2.75) is 39.2 Å². The Balaban J connectivity index is 2.35. The minimum Gasteiger partial charge on any atom is -0.368 e. The fourth-order valence-corrected chi connectivity index (χ4v) is 2.13. The van der Waals surface area contributed by atoms with Gasteiger partial charge in [0, 0.05) is 13.1 Å². The van der Waals surface area contributed by atoms with Crippen LogP contribution in [0, 0.1) is 5.92 Å². The highest BCUT2D eigenvalue weighted by Crippen LogP contribution is 2.26. The second-order valence-electron chi connectivity index (χ2n) is 4.66. The first-order valence-electron chi connectivity index (χ1n) is 6.42. The summed E-state index contributed by atoms with van der Waals surface area (Å²) in [5, 5.41) is 3.14. The molecule has 0 saturated heterocycles. The Morgan fingerprint density at radius 2 is 2.19 bits per heavy atom. The standard InChI is InChI=1S/C12H25N3O/c1-3-14-11(12(13)16)9-15(4-2)8-10-6-5-7-10/h10-11,14H,3-9H2,1-2H3,(H2,13,16). The Hall–Kier alpha value is -0.610. The number of carbonyl (C=O) groups excluding carboxylic acids is 1. The highest BCUT2D eigenvalue weighted by Gasteiger charge is 2.23. The zero-order chi connectivity index (χ0) is 12.0. The van der Waals surface area contributed by atoms with Gasteiger partial charge in [-0.2, -0.15) is 0 Å². The molecule has 0 radical (unpaired) electrons. The van der Waals surface area contributed by atoms with Gasteiger partial charge in [-0.3, -0.25) is 4.79 Å². The summed E-state index contributed by atoms with van der Waals surface area (Å²) in [6.07, 6.45) is 4.06. The van der Waals surface area contributed by atoms with Crippen LogP contribution in [0.3, 0.4) is 0 Å². The van der Waals surface area contributed by atoms with E-state index in [-0.39, 0.29) is 11.9 Å². The van der Waals surface area contributed by atoms with Gasteiger partial charge in [-0.1, -0.05) is 20.3 Å². The maximum absolute atomic E-state index is 11.2. The lowest BCUT2D eigenvalue weighted by Gasteiger charge is -2.33. The number of nitrogens with one attached hydrogen (secondary N) is 1. The molecule has 1 rings (SSSR count). The van der Waals surface area contributed by atoms with Gasteiger partial charge in [0.2, 0.25) is 5.91 Å². The van der Waals surface area contributed by atoms with Crippen LogP contribution in [-0.2, 0) is 4.79 Å². The minimum absolute atomic E-state index is 0.204. The zero-order valence-corrected chi connectivity index (χ0v) is 10.5. The van der Waals surface area contributed by atoms with Gasteiger partial charge in [0.15, 0.2) is 0 Å². The van der Waals surface area contributed by atoms with Crippen molar-refractivity contribution < 1.29 is 4.79 Å². The average molecular weight is 227 g/mol. The SMILES string of the molecule is CCNC(CN(CC)CC1CCC1)C(N)=O. The van der Waals surface area contributed by atoms with E-state index in [0.717, 1.165) is 32.1 Å². The molecule has 94 valence electrons. The fraction of sp³-hybridized carbons (Fsp3) is 0.917. The summed E-state index contributed by atoms with van der Waals surface area (Å²) >= 11 is 0. The van der Waals surface area contributed by atoms with Crippen molar-refractivity contribution in [3.05, 3.63) is 0 Å². The number of nitrogens with two attached hydrogens (primary N) is 1. The van der Waals surface area contributed by atoms with E-state index < -0.39 is 0 Å². The van der Waals surface area contributed by atoms with E-state index >= 15 is 0 Å². The number of primary amides is 1. The van der Waals surface area contributed by atoms with E-state index in [4.69, 9.17) is 5.73 Å². The lowest BCUT2D eigenvalue weighted by molar-refractivity contribution is -0.120. The molecular formula is C12H25N3O. The first-order chi connectivity index (χ1) is 7.67. The number of likely N-dealkylation sites (N-methyl/N-ethyl adjacent to an activating group) is 2. The molecule has 4 nitrogen and oxygen atoms in total. The number of rotatable bonds is 8. The summed E-state index contributed by atoms with van der Waals surface area (Å²) in [7, 11) is 0. The van der Waals surface area contributed by atoms with Crippen LogP contribution in [0.25, 0.3) is 0 Å². The molecule has 1 atom stereocenters. The van der Waals surface area contributed by atoms with Gasteiger partial charge in [0.05, 0.1) is 6.04 Å². The Morgan fingerprint density at radius 1 is 1.50 bits per heavy atom. The van der Waals surface area contributed by atoms with Gasteiger partial charge in [0.1, 0.15) is 0 Å². The molecule has 0 aromatic carbocycles. The van der Waals surface area contributed by atoms with E-state index in [9.17, 15) is 4.79 Å². The van der Waals surface area contributed by atoms with Crippen molar-refractivity contribution in [2.75, 3.05) is 26.2 Å². The Bertz CT molecular complexity index is 216. The van der Waals surface area contributed by atoms with Crippen LogP contribution >= 0.6 is 0 Å². The molecule has 1 aliphatic carbocycles. The number of nitrogens with zero attached hydrogens (tertiary/aromatic N) is 1. The molecule has 1 aliphatic rings. The first-order valence-corrected chi connectivity index (χ1v) is 6.42. The normalized spacial score (nSPS) is 18.4. The Morgan fingerprint density at radius 3 is 2.56 bits per heavy atom. The lowest BCUT2D eigenvalue weighted by Crippen LogP contribution is -2.50. The van der Waals surface area contributed by atoms with Gasteiger partial charge < -0.3 is 16.0 Å².